The average molecular weight is 540 g/mol. The van der Waals surface area contributed by atoms with E-state index in [2.05, 4.69) is 50.5 Å². The van der Waals surface area contributed by atoms with Crippen molar-refractivity contribution in [3.63, 3.8) is 0 Å². The predicted octanol–water partition coefficient (Wildman–Crippen LogP) is 7.92. The minimum atomic E-state index is 0.125. The number of nitrogens with one attached hydrogen (secondary N) is 1. The molecule has 0 bridgehead atoms. The number of thiophene rings is 1. The van der Waals surface area contributed by atoms with E-state index < -0.39 is 0 Å². The summed E-state index contributed by atoms with van der Waals surface area (Å²) in [6.45, 7) is 9.36. The van der Waals surface area contributed by atoms with Crippen molar-refractivity contribution in [2.45, 2.75) is 117 Å². The summed E-state index contributed by atoms with van der Waals surface area (Å²) in [6, 6.07) is 4.36. The lowest BCUT2D eigenvalue weighted by Gasteiger charge is -2.59. The maximum atomic E-state index is 13.6. The van der Waals surface area contributed by atoms with Gasteiger partial charge in [0, 0.05) is 36.5 Å². The number of Topliss-reactive ketones (excluding diaryl/α,β-unsaturated/α-hetero) is 2. The molecule has 0 aliphatic heterocycles. The number of carbonyl (C=O) groups is 3. The number of ketones is 2. The van der Waals surface area contributed by atoms with Gasteiger partial charge in [-0.05, 0) is 90.4 Å². The molecule has 1 amide bonds. The molecule has 0 radical (unpaired) electrons. The Morgan fingerprint density at radius 3 is 2.61 bits per heavy atom. The molecule has 0 saturated heterocycles. The third-order valence-electron chi connectivity index (χ3n) is 11.9. The van der Waals surface area contributed by atoms with Crippen LogP contribution in [-0.4, -0.2) is 17.5 Å². The lowest BCUT2D eigenvalue weighted by Crippen LogP contribution is -2.57. The van der Waals surface area contributed by atoms with Crippen LogP contribution in [0.5, 0.6) is 0 Å². The van der Waals surface area contributed by atoms with Crippen molar-refractivity contribution in [3.8, 4) is 0 Å². The van der Waals surface area contributed by atoms with Crippen LogP contribution in [0, 0.1) is 46.3 Å². The van der Waals surface area contributed by atoms with Crippen molar-refractivity contribution in [2.24, 2.45) is 46.3 Å². The van der Waals surface area contributed by atoms with Crippen molar-refractivity contribution < 1.29 is 14.4 Å². The highest BCUT2D eigenvalue weighted by atomic mass is 32.1. The fourth-order valence-electron chi connectivity index (χ4n) is 9.76. The molecule has 0 spiro atoms. The molecule has 1 aromatic rings. The Morgan fingerprint density at radius 2 is 1.87 bits per heavy atom. The highest BCUT2D eigenvalue weighted by Gasteiger charge is 2.63. The average Bonchev–Trinajstić information content (AvgIpc) is 3.52. The summed E-state index contributed by atoms with van der Waals surface area (Å²) >= 11 is 1.74. The number of hydrogen-bond acceptors (Lipinski definition) is 4. The standard InChI is InChI=1S/C33H49NO3S/c1-5-6-7-9-27(29-10-8-17-38-29)34-30(37)18-21(2)24-11-12-25-31-26(14-16-33(24,25)4)32(3)15-13-23(35)19-22(32)20-28(31)36/h8,10,17,21-22,24-27,31H,5-7,9,11-16,18-20H2,1-4H3,(H,34,37)/t21-,22+,24-,25+,26+,27?,31+,32+,33-/m1/s1. The van der Waals surface area contributed by atoms with Crippen LogP contribution in [-0.2, 0) is 14.4 Å². The largest absolute Gasteiger partial charge is 0.348 e. The molecular weight excluding hydrogens is 490 g/mol. The first-order chi connectivity index (χ1) is 18.2. The number of carbonyl (C=O) groups excluding carboxylic acids is 3. The molecule has 4 fully saturated rings. The zero-order valence-electron chi connectivity index (χ0n) is 24.1. The quantitative estimate of drug-likeness (QED) is 0.324. The molecule has 4 saturated carbocycles. The molecule has 38 heavy (non-hydrogen) atoms. The topological polar surface area (TPSA) is 63.2 Å². The number of rotatable bonds is 9. The van der Waals surface area contributed by atoms with Gasteiger partial charge in [-0.2, -0.15) is 0 Å². The van der Waals surface area contributed by atoms with E-state index in [-0.39, 0.29) is 34.6 Å². The second-order valence-electron chi connectivity index (χ2n) is 13.9. The summed E-state index contributed by atoms with van der Waals surface area (Å²) in [4.78, 5) is 40.5. The lowest BCUT2D eigenvalue weighted by atomic mass is 9.44. The molecule has 4 nitrogen and oxygen atoms in total. The second kappa shape index (κ2) is 11.2. The summed E-state index contributed by atoms with van der Waals surface area (Å²) in [5, 5.41) is 5.50. The number of amides is 1. The third-order valence-corrected chi connectivity index (χ3v) is 12.9. The van der Waals surface area contributed by atoms with Crippen molar-refractivity contribution in [3.05, 3.63) is 22.4 Å². The Kier molecular flexibility index (Phi) is 8.25. The molecule has 210 valence electrons. The van der Waals surface area contributed by atoms with Crippen LogP contribution in [0.15, 0.2) is 17.5 Å². The Hall–Kier alpha value is -1.49. The Bertz CT molecular complexity index is 1020. The monoisotopic (exact) mass is 539 g/mol. The molecule has 0 aromatic carbocycles. The smallest absolute Gasteiger partial charge is 0.220 e. The van der Waals surface area contributed by atoms with Gasteiger partial charge in [-0.25, -0.2) is 0 Å². The van der Waals surface area contributed by atoms with E-state index in [0.29, 0.717) is 60.9 Å². The maximum Gasteiger partial charge on any atom is 0.220 e. The van der Waals surface area contributed by atoms with Crippen LogP contribution in [0.3, 0.4) is 0 Å². The van der Waals surface area contributed by atoms with Gasteiger partial charge in [0.1, 0.15) is 11.6 Å². The Balaban J connectivity index is 1.25. The zero-order chi connectivity index (χ0) is 27.1. The first-order valence-electron chi connectivity index (χ1n) is 15.5. The normalized spacial score (nSPS) is 38.2. The molecule has 1 unspecified atom stereocenters. The van der Waals surface area contributed by atoms with Crippen molar-refractivity contribution >= 4 is 28.8 Å². The van der Waals surface area contributed by atoms with Crippen LogP contribution in [0.4, 0.5) is 0 Å². The lowest BCUT2D eigenvalue weighted by molar-refractivity contribution is -0.159. The number of fused-ring (bicyclic) bond motifs is 5. The first-order valence-corrected chi connectivity index (χ1v) is 16.4. The van der Waals surface area contributed by atoms with Gasteiger partial charge in [0.15, 0.2) is 0 Å². The summed E-state index contributed by atoms with van der Waals surface area (Å²) in [7, 11) is 0. The van der Waals surface area contributed by atoms with Gasteiger partial charge in [-0.15, -0.1) is 11.3 Å². The van der Waals surface area contributed by atoms with E-state index >= 15 is 0 Å². The van der Waals surface area contributed by atoms with Gasteiger partial charge < -0.3 is 5.32 Å². The third kappa shape index (κ3) is 5.06. The van der Waals surface area contributed by atoms with E-state index in [9.17, 15) is 14.4 Å². The molecule has 1 N–H and O–H groups in total. The fraction of sp³-hybridized carbons (Fsp3) is 0.788. The predicted molar refractivity (Wildman–Crippen MR) is 154 cm³/mol. The van der Waals surface area contributed by atoms with Gasteiger partial charge in [0.05, 0.1) is 6.04 Å². The van der Waals surface area contributed by atoms with Crippen molar-refractivity contribution in [1.82, 2.24) is 5.32 Å². The summed E-state index contributed by atoms with van der Waals surface area (Å²) < 4.78 is 0. The molecule has 1 heterocycles. The highest BCUT2D eigenvalue weighted by Crippen LogP contribution is 2.67. The first kappa shape index (κ1) is 28.1. The van der Waals surface area contributed by atoms with Gasteiger partial charge in [-0.3, -0.25) is 14.4 Å². The number of hydrogen-bond donors (Lipinski definition) is 1. The minimum Gasteiger partial charge on any atom is -0.348 e. The minimum absolute atomic E-state index is 0.125. The summed E-state index contributed by atoms with van der Waals surface area (Å²) in [5.41, 5.74) is 0.282. The van der Waals surface area contributed by atoms with E-state index in [0.717, 1.165) is 44.9 Å². The van der Waals surface area contributed by atoms with E-state index in [1.807, 2.05) is 0 Å². The molecule has 9 atom stereocenters. The van der Waals surface area contributed by atoms with Crippen LogP contribution in [0.1, 0.15) is 122 Å². The van der Waals surface area contributed by atoms with Gasteiger partial charge in [-0.1, -0.05) is 53.0 Å². The van der Waals surface area contributed by atoms with E-state index in [1.54, 1.807) is 11.3 Å². The van der Waals surface area contributed by atoms with Crippen LogP contribution in [0.25, 0.3) is 0 Å². The van der Waals surface area contributed by atoms with Gasteiger partial charge in [0.2, 0.25) is 5.91 Å². The Labute approximate surface area is 234 Å². The molecule has 5 heteroatoms. The highest BCUT2D eigenvalue weighted by molar-refractivity contribution is 7.10. The van der Waals surface area contributed by atoms with E-state index in [1.165, 1.54) is 17.7 Å². The molecule has 5 rings (SSSR count). The molecular formula is C33H49NO3S. The van der Waals surface area contributed by atoms with Crippen molar-refractivity contribution in [2.75, 3.05) is 0 Å². The van der Waals surface area contributed by atoms with Gasteiger partial charge >= 0.3 is 0 Å². The second-order valence-corrected chi connectivity index (χ2v) is 14.9. The van der Waals surface area contributed by atoms with Gasteiger partial charge in [0.25, 0.3) is 0 Å². The van der Waals surface area contributed by atoms with Crippen LogP contribution < -0.4 is 5.32 Å². The summed E-state index contributed by atoms with van der Waals surface area (Å²) in [6.07, 6.45) is 12.5. The van der Waals surface area contributed by atoms with Crippen molar-refractivity contribution in [1.29, 1.82) is 0 Å². The summed E-state index contributed by atoms with van der Waals surface area (Å²) in [5.74, 6) is 3.09. The zero-order valence-corrected chi connectivity index (χ0v) is 24.9. The molecule has 4 aliphatic rings. The SMILES string of the molecule is CCCCCC(NC(=O)C[C@@H](C)[C@H]1CC[C@H]2[C@@H]3C(=O)C[C@@H]4CC(=O)CC[C@]4(C)[C@H]3CC[C@]12C)c1cccs1. The molecule has 1 aromatic heterocycles. The Morgan fingerprint density at radius 1 is 1.08 bits per heavy atom. The molecule has 4 aliphatic carbocycles. The van der Waals surface area contributed by atoms with Crippen LogP contribution >= 0.6 is 11.3 Å². The fourth-order valence-corrected chi connectivity index (χ4v) is 10.6. The van der Waals surface area contributed by atoms with Crippen LogP contribution in [0.2, 0.25) is 0 Å². The van der Waals surface area contributed by atoms with E-state index in [4.69, 9.17) is 0 Å². The number of unbranched alkanes of at least 4 members (excludes halogenated alkanes) is 2. The maximum absolute atomic E-state index is 13.6.